The van der Waals surface area contributed by atoms with E-state index in [-0.39, 0.29) is 6.54 Å². The molecule has 2 rings (SSSR count). The molecule has 0 unspecified atom stereocenters. The lowest BCUT2D eigenvalue weighted by molar-refractivity contribution is 0.0522. The van der Waals surface area contributed by atoms with Gasteiger partial charge in [-0.1, -0.05) is 0 Å². The molecule has 2 N–H and O–H groups in total. The van der Waals surface area contributed by atoms with Crippen LogP contribution in [0.15, 0.2) is 12.1 Å². The molecule has 0 atom stereocenters. The quantitative estimate of drug-likeness (QED) is 0.876. The van der Waals surface area contributed by atoms with Gasteiger partial charge < -0.3 is 15.4 Å². The van der Waals surface area contributed by atoms with Crippen molar-refractivity contribution >= 4 is 17.6 Å². The zero-order valence-corrected chi connectivity index (χ0v) is 12.0. The lowest BCUT2D eigenvalue weighted by atomic mass is 10.2. The minimum atomic E-state index is -0.533. The van der Waals surface area contributed by atoms with E-state index in [1.807, 2.05) is 0 Å². The lowest BCUT2D eigenvalue weighted by Gasteiger charge is -2.19. The molecule has 0 spiro atoms. The largest absolute Gasteiger partial charge is 0.444 e. The summed E-state index contributed by atoms with van der Waals surface area (Å²) in [5.41, 5.74) is 0.0825. The van der Waals surface area contributed by atoms with Gasteiger partial charge in [0.1, 0.15) is 11.4 Å². The fourth-order valence-electron chi connectivity index (χ4n) is 1.54. The number of carbonyl (C=O) groups is 1. The number of hydrogen-bond donors (Lipinski definition) is 2. The molecule has 0 bridgehead atoms. The predicted molar refractivity (Wildman–Crippen MR) is 73.4 cm³/mol. The Hall–Kier alpha value is -2.38. The van der Waals surface area contributed by atoms with Crippen LogP contribution in [0.5, 0.6) is 0 Å². The standard InChI is InChI=1S/C12H18N6O2/c1-12(2,3)20-11(19)14-7-10-16-15-9-6-5-8(13-4)17-18(9)10/h5-6H,7H2,1-4H3,(H,13,17)(H,14,19). The van der Waals surface area contributed by atoms with E-state index in [1.165, 1.54) is 0 Å². The van der Waals surface area contributed by atoms with Gasteiger partial charge in [0.05, 0.1) is 6.54 Å². The molecule has 8 heteroatoms. The van der Waals surface area contributed by atoms with Crippen LogP contribution in [0.25, 0.3) is 5.65 Å². The van der Waals surface area contributed by atoms with E-state index in [2.05, 4.69) is 25.9 Å². The normalized spacial score (nSPS) is 11.4. The Balaban J connectivity index is 2.08. The third kappa shape index (κ3) is 3.34. The van der Waals surface area contributed by atoms with Crippen LogP contribution in [0.2, 0.25) is 0 Å². The van der Waals surface area contributed by atoms with Crippen LogP contribution in [0.3, 0.4) is 0 Å². The van der Waals surface area contributed by atoms with Gasteiger partial charge >= 0.3 is 6.09 Å². The summed E-state index contributed by atoms with van der Waals surface area (Å²) in [7, 11) is 1.77. The molecule has 0 aliphatic heterocycles. The number of fused-ring (bicyclic) bond motifs is 1. The van der Waals surface area contributed by atoms with E-state index in [0.29, 0.717) is 17.3 Å². The summed E-state index contributed by atoms with van der Waals surface area (Å²) in [6, 6.07) is 3.60. The van der Waals surface area contributed by atoms with Crippen molar-refractivity contribution < 1.29 is 9.53 Å². The lowest BCUT2D eigenvalue weighted by Crippen LogP contribution is -2.32. The average molecular weight is 278 g/mol. The molecule has 2 heterocycles. The van der Waals surface area contributed by atoms with Crippen molar-refractivity contribution in [2.45, 2.75) is 32.9 Å². The van der Waals surface area contributed by atoms with Crippen molar-refractivity contribution in [2.24, 2.45) is 0 Å². The number of rotatable bonds is 3. The molecule has 0 aromatic carbocycles. The zero-order chi connectivity index (χ0) is 14.8. The molecule has 2 aromatic heterocycles. The summed E-state index contributed by atoms with van der Waals surface area (Å²) in [6.07, 6.45) is -0.501. The van der Waals surface area contributed by atoms with Crippen molar-refractivity contribution in [3.63, 3.8) is 0 Å². The number of hydrogen-bond acceptors (Lipinski definition) is 6. The second-order valence-corrected chi connectivity index (χ2v) is 5.21. The first kappa shape index (κ1) is 14.0. The number of ether oxygens (including phenoxy) is 1. The first-order valence-electron chi connectivity index (χ1n) is 6.25. The summed E-state index contributed by atoms with van der Waals surface area (Å²) >= 11 is 0. The Morgan fingerprint density at radius 2 is 2.10 bits per heavy atom. The minimum Gasteiger partial charge on any atom is -0.444 e. The summed E-state index contributed by atoms with van der Waals surface area (Å²) in [5, 5.41) is 17.8. The van der Waals surface area contributed by atoms with E-state index in [1.54, 1.807) is 44.5 Å². The average Bonchev–Trinajstić information content (AvgIpc) is 2.76. The Morgan fingerprint density at radius 1 is 1.35 bits per heavy atom. The summed E-state index contributed by atoms with van der Waals surface area (Å²) < 4.78 is 6.73. The topological polar surface area (TPSA) is 93.4 Å². The number of nitrogens with zero attached hydrogens (tertiary/aromatic N) is 4. The smallest absolute Gasteiger partial charge is 0.408 e. The van der Waals surface area contributed by atoms with Gasteiger partial charge in [-0.2, -0.15) is 4.52 Å². The first-order chi connectivity index (χ1) is 9.39. The van der Waals surface area contributed by atoms with Crippen molar-refractivity contribution in [3.05, 3.63) is 18.0 Å². The second kappa shape index (κ2) is 5.32. The Labute approximate surface area is 116 Å². The third-order valence-electron chi connectivity index (χ3n) is 2.37. The predicted octanol–water partition coefficient (Wildman–Crippen LogP) is 1.19. The van der Waals surface area contributed by atoms with Crippen molar-refractivity contribution in [1.29, 1.82) is 0 Å². The highest BCUT2D eigenvalue weighted by molar-refractivity contribution is 5.67. The monoisotopic (exact) mass is 278 g/mol. The highest BCUT2D eigenvalue weighted by Crippen LogP contribution is 2.08. The van der Waals surface area contributed by atoms with Gasteiger partial charge in [0.15, 0.2) is 11.5 Å². The van der Waals surface area contributed by atoms with E-state index >= 15 is 0 Å². The number of carbonyl (C=O) groups excluding carboxylic acids is 1. The van der Waals surface area contributed by atoms with Gasteiger partial charge in [0.2, 0.25) is 0 Å². The molecular weight excluding hydrogens is 260 g/mol. The van der Waals surface area contributed by atoms with Crippen molar-refractivity contribution in [1.82, 2.24) is 25.1 Å². The number of amides is 1. The van der Waals surface area contributed by atoms with Crippen molar-refractivity contribution in [3.8, 4) is 0 Å². The molecule has 20 heavy (non-hydrogen) atoms. The summed E-state index contributed by atoms with van der Waals surface area (Å²) in [5.74, 6) is 1.22. The van der Waals surface area contributed by atoms with Gasteiger partial charge in [0.25, 0.3) is 0 Å². The number of nitrogens with one attached hydrogen (secondary N) is 2. The van der Waals surface area contributed by atoms with E-state index in [4.69, 9.17) is 4.74 Å². The van der Waals surface area contributed by atoms with Crippen LogP contribution in [0.4, 0.5) is 10.6 Å². The van der Waals surface area contributed by atoms with Gasteiger partial charge in [-0.15, -0.1) is 15.3 Å². The molecule has 1 amide bonds. The fraction of sp³-hybridized carbons (Fsp3) is 0.500. The van der Waals surface area contributed by atoms with E-state index < -0.39 is 11.7 Å². The molecular formula is C12H18N6O2. The molecule has 0 saturated heterocycles. The maximum absolute atomic E-state index is 11.6. The molecule has 8 nitrogen and oxygen atoms in total. The maximum Gasteiger partial charge on any atom is 0.408 e. The van der Waals surface area contributed by atoms with Gasteiger partial charge in [-0.25, -0.2) is 4.79 Å². The molecule has 0 saturated carbocycles. The minimum absolute atomic E-state index is 0.191. The number of alkyl carbamates (subject to hydrolysis) is 1. The molecule has 0 aliphatic carbocycles. The summed E-state index contributed by atoms with van der Waals surface area (Å²) in [6.45, 7) is 5.61. The molecule has 2 aromatic rings. The van der Waals surface area contributed by atoms with Crippen LogP contribution in [0.1, 0.15) is 26.6 Å². The fourth-order valence-corrected chi connectivity index (χ4v) is 1.54. The molecule has 108 valence electrons. The van der Waals surface area contributed by atoms with Crippen LogP contribution >= 0.6 is 0 Å². The third-order valence-corrected chi connectivity index (χ3v) is 2.37. The van der Waals surface area contributed by atoms with E-state index in [9.17, 15) is 4.79 Å². The Kier molecular flexibility index (Phi) is 3.73. The van der Waals surface area contributed by atoms with E-state index in [0.717, 1.165) is 0 Å². The first-order valence-corrected chi connectivity index (χ1v) is 6.25. The Morgan fingerprint density at radius 3 is 2.75 bits per heavy atom. The van der Waals surface area contributed by atoms with Crippen LogP contribution in [-0.4, -0.2) is 38.6 Å². The van der Waals surface area contributed by atoms with Gasteiger partial charge in [-0.3, -0.25) is 0 Å². The highest BCUT2D eigenvalue weighted by atomic mass is 16.6. The zero-order valence-electron chi connectivity index (χ0n) is 12.0. The van der Waals surface area contributed by atoms with Crippen molar-refractivity contribution in [2.75, 3.05) is 12.4 Å². The van der Waals surface area contributed by atoms with Crippen LogP contribution in [0, 0.1) is 0 Å². The van der Waals surface area contributed by atoms with Gasteiger partial charge in [0, 0.05) is 7.05 Å². The SMILES string of the molecule is CNc1ccc2nnc(CNC(=O)OC(C)(C)C)n2n1. The number of aromatic nitrogens is 4. The molecule has 0 radical (unpaired) electrons. The van der Waals surface area contributed by atoms with Gasteiger partial charge in [-0.05, 0) is 32.9 Å². The summed E-state index contributed by atoms with van der Waals surface area (Å²) in [4.78, 5) is 11.6. The maximum atomic E-state index is 11.6. The van der Waals surface area contributed by atoms with Crippen LogP contribution < -0.4 is 10.6 Å². The molecule has 0 aliphatic rings. The second-order valence-electron chi connectivity index (χ2n) is 5.21. The Bertz CT molecular complexity index is 616. The number of anilines is 1. The molecule has 0 fully saturated rings. The van der Waals surface area contributed by atoms with Crippen LogP contribution in [-0.2, 0) is 11.3 Å². The highest BCUT2D eigenvalue weighted by Gasteiger charge is 2.16.